The van der Waals surface area contributed by atoms with Crippen LogP contribution < -0.4 is 4.74 Å². The Balaban J connectivity index is 1.69. The van der Waals surface area contributed by atoms with E-state index in [9.17, 15) is 5.11 Å². The zero-order valence-electron chi connectivity index (χ0n) is 14.1. The number of hydrogen-bond donors (Lipinski definition) is 1. The van der Waals surface area contributed by atoms with Gasteiger partial charge in [-0.05, 0) is 61.1 Å². The van der Waals surface area contributed by atoms with Crippen LogP contribution in [0.25, 0.3) is 10.9 Å². The number of hydrogen-bond acceptors (Lipinski definition) is 4. The molecule has 0 spiro atoms. The molecule has 5 rings (SSSR count). The SMILES string of the molecule is C=C[C@H]1C[N@@]2CCC1C[C@@H]2C(O)c1ccnc2ccc(OC)cc12. The number of piperidine rings is 3. The molecule has 4 heterocycles. The molecule has 126 valence electrons. The van der Waals surface area contributed by atoms with Gasteiger partial charge in [-0.1, -0.05) is 6.08 Å². The van der Waals surface area contributed by atoms with Crippen molar-refractivity contribution in [2.45, 2.75) is 25.0 Å². The van der Waals surface area contributed by atoms with Crippen LogP contribution in [0.5, 0.6) is 5.75 Å². The van der Waals surface area contributed by atoms with Crippen LogP contribution in [0.15, 0.2) is 43.1 Å². The summed E-state index contributed by atoms with van der Waals surface area (Å²) >= 11 is 0. The Morgan fingerprint density at radius 1 is 1.42 bits per heavy atom. The molecule has 2 bridgehead atoms. The highest BCUT2D eigenvalue weighted by Crippen LogP contribution is 2.42. The second-order valence-corrected chi connectivity index (χ2v) is 6.97. The molecular formula is C20H24N2O2. The summed E-state index contributed by atoms with van der Waals surface area (Å²) in [5, 5.41) is 12.1. The van der Waals surface area contributed by atoms with Crippen LogP contribution in [0.4, 0.5) is 0 Å². The first-order valence-corrected chi connectivity index (χ1v) is 8.68. The van der Waals surface area contributed by atoms with E-state index in [4.69, 9.17) is 4.74 Å². The number of pyridine rings is 1. The Bertz CT molecular complexity index is 760. The topological polar surface area (TPSA) is 45.6 Å². The Morgan fingerprint density at radius 3 is 3.00 bits per heavy atom. The molecule has 2 unspecified atom stereocenters. The summed E-state index contributed by atoms with van der Waals surface area (Å²) in [4.78, 5) is 6.86. The highest BCUT2D eigenvalue weighted by atomic mass is 16.5. The number of methoxy groups -OCH3 is 1. The lowest BCUT2D eigenvalue weighted by atomic mass is 9.73. The minimum Gasteiger partial charge on any atom is -0.497 e. The molecular weight excluding hydrogens is 300 g/mol. The van der Waals surface area contributed by atoms with Crippen LogP contribution in [0.1, 0.15) is 24.5 Å². The third-order valence-electron chi connectivity index (χ3n) is 5.82. The van der Waals surface area contributed by atoms with Gasteiger partial charge in [0.15, 0.2) is 0 Å². The molecule has 1 aromatic heterocycles. The van der Waals surface area contributed by atoms with Crippen molar-refractivity contribution in [2.24, 2.45) is 11.8 Å². The van der Waals surface area contributed by atoms with Gasteiger partial charge >= 0.3 is 0 Å². The summed E-state index contributed by atoms with van der Waals surface area (Å²) in [6.07, 6.45) is 5.62. The summed E-state index contributed by atoms with van der Waals surface area (Å²) in [6, 6.07) is 7.96. The predicted molar refractivity (Wildman–Crippen MR) is 95.0 cm³/mol. The molecule has 1 N–H and O–H groups in total. The standard InChI is InChI=1S/C20H24N2O2/c1-3-13-12-22-9-7-14(13)10-19(22)20(23)16-6-8-21-18-5-4-15(24-2)11-17(16)18/h3-6,8,11,13-14,19-20,23H,1,7,9-10,12H2,2H3/t13-,14?,19+,20?/m0/s1. The molecule has 4 heteroatoms. The molecule has 0 radical (unpaired) electrons. The molecule has 5 atom stereocenters. The van der Waals surface area contributed by atoms with Crippen LogP contribution in [-0.4, -0.2) is 41.2 Å². The van der Waals surface area contributed by atoms with E-state index in [0.717, 1.165) is 41.7 Å². The van der Waals surface area contributed by atoms with Gasteiger partial charge in [-0.25, -0.2) is 0 Å². The zero-order chi connectivity index (χ0) is 16.7. The summed E-state index contributed by atoms with van der Waals surface area (Å²) in [7, 11) is 1.66. The van der Waals surface area contributed by atoms with Crippen molar-refractivity contribution in [1.82, 2.24) is 9.88 Å². The molecule has 4 nitrogen and oxygen atoms in total. The maximum atomic E-state index is 11.2. The molecule has 3 fully saturated rings. The number of benzene rings is 1. The predicted octanol–water partition coefficient (Wildman–Crippen LogP) is 3.17. The van der Waals surface area contributed by atoms with Crippen molar-refractivity contribution >= 4 is 10.9 Å². The van der Waals surface area contributed by atoms with Crippen molar-refractivity contribution < 1.29 is 9.84 Å². The Morgan fingerprint density at radius 2 is 2.29 bits per heavy atom. The largest absolute Gasteiger partial charge is 0.497 e. The van der Waals surface area contributed by atoms with Gasteiger partial charge in [0.2, 0.25) is 0 Å². The van der Waals surface area contributed by atoms with Gasteiger partial charge in [0.25, 0.3) is 0 Å². The number of aliphatic hydroxyl groups is 1. The summed E-state index contributed by atoms with van der Waals surface area (Å²) in [5.74, 6) is 2.01. The van der Waals surface area contributed by atoms with E-state index >= 15 is 0 Å². The third kappa shape index (κ3) is 2.50. The number of aliphatic hydroxyl groups excluding tert-OH is 1. The molecule has 24 heavy (non-hydrogen) atoms. The summed E-state index contributed by atoms with van der Waals surface area (Å²) < 4.78 is 5.35. The fraction of sp³-hybridized carbons (Fsp3) is 0.450. The normalized spacial score (nSPS) is 30.2. The van der Waals surface area contributed by atoms with E-state index in [0.29, 0.717) is 11.8 Å². The van der Waals surface area contributed by atoms with Crippen LogP contribution in [0.3, 0.4) is 0 Å². The van der Waals surface area contributed by atoms with Gasteiger partial charge in [0.1, 0.15) is 5.75 Å². The minimum absolute atomic E-state index is 0.178. The quantitative estimate of drug-likeness (QED) is 0.878. The van der Waals surface area contributed by atoms with E-state index in [1.807, 2.05) is 24.3 Å². The number of aromatic nitrogens is 1. The lowest BCUT2D eigenvalue weighted by molar-refractivity contribution is -0.0444. The van der Waals surface area contributed by atoms with Crippen molar-refractivity contribution in [2.75, 3.05) is 20.2 Å². The van der Waals surface area contributed by atoms with Crippen molar-refractivity contribution in [3.8, 4) is 5.75 Å². The Labute approximate surface area is 142 Å². The number of fused-ring (bicyclic) bond motifs is 4. The minimum atomic E-state index is -0.504. The fourth-order valence-electron chi connectivity index (χ4n) is 4.44. The van der Waals surface area contributed by atoms with Crippen LogP contribution in [0.2, 0.25) is 0 Å². The van der Waals surface area contributed by atoms with Gasteiger partial charge in [0.05, 0.1) is 18.7 Å². The smallest absolute Gasteiger partial charge is 0.119 e. The third-order valence-corrected chi connectivity index (χ3v) is 5.82. The van der Waals surface area contributed by atoms with Crippen LogP contribution in [-0.2, 0) is 0 Å². The Kier molecular flexibility index (Phi) is 4.02. The molecule has 3 aliphatic heterocycles. The fourth-order valence-corrected chi connectivity index (χ4v) is 4.44. The zero-order valence-corrected chi connectivity index (χ0v) is 14.1. The lowest BCUT2D eigenvalue weighted by Gasteiger charge is -2.50. The molecule has 0 aliphatic carbocycles. The van der Waals surface area contributed by atoms with Gasteiger partial charge in [0, 0.05) is 24.2 Å². The summed E-state index contributed by atoms with van der Waals surface area (Å²) in [5.41, 5.74) is 1.85. The maximum Gasteiger partial charge on any atom is 0.119 e. The molecule has 3 saturated heterocycles. The first-order valence-electron chi connectivity index (χ1n) is 8.68. The molecule has 0 amide bonds. The Hall–Kier alpha value is -1.91. The summed E-state index contributed by atoms with van der Waals surface area (Å²) in [6.45, 7) is 6.07. The van der Waals surface area contributed by atoms with Gasteiger partial charge < -0.3 is 9.84 Å². The van der Waals surface area contributed by atoms with Gasteiger partial charge in [-0.3, -0.25) is 9.88 Å². The van der Waals surface area contributed by atoms with Gasteiger partial charge in [-0.15, -0.1) is 6.58 Å². The van der Waals surface area contributed by atoms with Crippen molar-refractivity contribution in [1.29, 1.82) is 0 Å². The second kappa shape index (κ2) is 6.19. The molecule has 0 saturated carbocycles. The molecule has 2 aromatic rings. The van der Waals surface area contributed by atoms with Crippen LogP contribution >= 0.6 is 0 Å². The van der Waals surface area contributed by atoms with Crippen LogP contribution in [0, 0.1) is 11.8 Å². The van der Waals surface area contributed by atoms with E-state index in [2.05, 4.69) is 22.5 Å². The average Bonchev–Trinajstić information content (AvgIpc) is 2.66. The first kappa shape index (κ1) is 15.6. The van der Waals surface area contributed by atoms with Crippen molar-refractivity contribution in [3.63, 3.8) is 0 Å². The molecule has 1 aromatic carbocycles. The van der Waals surface area contributed by atoms with E-state index in [-0.39, 0.29) is 6.04 Å². The van der Waals surface area contributed by atoms with Crippen molar-refractivity contribution in [3.05, 3.63) is 48.7 Å². The first-order chi connectivity index (χ1) is 11.7. The van der Waals surface area contributed by atoms with E-state index < -0.39 is 6.10 Å². The van der Waals surface area contributed by atoms with E-state index in [1.165, 1.54) is 6.42 Å². The second-order valence-electron chi connectivity index (χ2n) is 6.97. The number of rotatable bonds is 4. The lowest BCUT2D eigenvalue weighted by Crippen LogP contribution is -2.54. The molecule has 3 aliphatic rings. The highest BCUT2D eigenvalue weighted by molar-refractivity contribution is 5.83. The van der Waals surface area contributed by atoms with E-state index in [1.54, 1.807) is 13.3 Å². The number of ether oxygens (including phenoxy) is 1. The monoisotopic (exact) mass is 324 g/mol. The highest BCUT2D eigenvalue weighted by Gasteiger charge is 2.42. The average molecular weight is 324 g/mol. The number of nitrogens with zero attached hydrogens (tertiary/aromatic N) is 2. The maximum absolute atomic E-state index is 11.2. The van der Waals surface area contributed by atoms with Gasteiger partial charge in [-0.2, -0.15) is 0 Å².